The number of fused-ring (bicyclic) bond motifs is 1. The lowest BCUT2D eigenvalue weighted by molar-refractivity contribution is -0.114. The van der Waals surface area contributed by atoms with Gasteiger partial charge in [-0.1, -0.05) is 35.3 Å². The van der Waals surface area contributed by atoms with Crippen molar-refractivity contribution in [2.75, 3.05) is 17.2 Å². The Morgan fingerprint density at radius 2 is 1.87 bits per heavy atom. The lowest BCUT2D eigenvalue weighted by Gasteiger charge is -2.20. The van der Waals surface area contributed by atoms with Crippen LogP contribution in [0.2, 0.25) is 10.0 Å². The van der Waals surface area contributed by atoms with Crippen LogP contribution in [-0.2, 0) is 17.6 Å². The number of halogens is 2. The van der Waals surface area contributed by atoms with Crippen LogP contribution in [0.1, 0.15) is 24.0 Å². The summed E-state index contributed by atoms with van der Waals surface area (Å²) >= 11 is 12.0. The molecule has 0 heterocycles. The van der Waals surface area contributed by atoms with Crippen LogP contribution in [0.15, 0.2) is 36.4 Å². The maximum atomic E-state index is 12.1. The number of rotatable bonds is 4. The predicted octanol–water partition coefficient (Wildman–Crippen LogP) is 4.92. The Morgan fingerprint density at radius 3 is 2.74 bits per heavy atom. The van der Waals surface area contributed by atoms with Crippen molar-refractivity contribution in [1.29, 1.82) is 0 Å². The van der Waals surface area contributed by atoms with E-state index in [1.165, 1.54) is 24.0 Å². The fourth-order valence-corrected chi connectivity index (χ4v) is 3.25. The molecule has 120 valence electrons. The zero-order valence-electron chi connectivity index (χ0n) is 12.7. The molecule has 1 aliphatic rings. The van der Waals surface area contributed by atoms with Gasteiger partial charge in [0.1, 0.15) is 0 Å². The summed E-state index contributed by atoms with van der Waals surface area (Å²) in [6.45, 7) is 0.194. The van der Waals surface area contributed by atoms with Crippen molar-refractivity contribution < 1.29 is 4.79 Å². The number of carbonyl (C=O) groups excluding carboxylic acids is 1. The van der Waals surface area contributed by atoms with Gasteiger partial charge in [-0.2, -0.15) is 0 Å². The quantitative estimate of drug-likeness (QED) is 0.822. The lowest BCUT2D eigenvalue weighted by Crippen LogP contribution is -2.22. The zero-order chi connectivity index (χ0) is 16.2. The second-order valence-electron chi connectivity index (χ2n) is 5.68. The molecule has 2 aromatic carbocycles. The van der Waals surface area contributed by atoms with Crippen molar-refractivity contribution in [2.24, 2.45) is 0 Å². The van der Waals surface area contributed by atoms with Crippen molar-refractivity contribution in [3.05, 3.63) is 57.6 Å². The zero-order valence-corrected chi connectivity index (χ0v) is 14.2. The van der Waals surface area contributed by atoms with Crippen molar-refractivity contribution in [2.45, 2.75) is 25.7 Å². The molecular formula is C18H18Cl2N2O. The van der Waals surface area contributed by atoms with Gasteiger partial charge in [-0.3, -0.25) is 4.79 Å². The molecule has 1 aliphatic carbocycles. The molecule has 0 bridgehead atoms. The molecule has 2 aromatic rings. The van der Waals surface area contributed by atoms with E-state index in [1.54, 1.807) is 18.2 Å². The number of aryl methyl sites for hydroxylation is 1. The molecule has 0 atom stereocenters. The largest absolute Gasteiger partial charge is 0.376 e. The van der Waals surface area contributed by atoms with E-state index in [4.69, 9.17) is 23.2 Å². The first-order valence-corrected chi connectivity index (χ1v) is 8.48. The highest BCUT2D eigenvalue weighted by Crippen LogP contribution is 2.28. The van der Waals surface area contributed by atoms with Crippen LogP contribution in [0.5, 0.6) is 0 Å². The van der Waals surface area contributed by atoms with Crippen LogP contribution in [0.3, 0.4) is 0 Å². The van der Waals surface area contributed by atoms with Gasteiger partial charge in [-0.15, -0.1) is 0 Å². The Labute approximate surface area is 146 Å². The van der Waals surface area contributed by atoms with E-state index < -0.39 is 0 Å². The number of hydrogen-bond acceptors (Lipinski definition) is 2. The van der Waals surface area contributed by atoms with Crippen molar-refractivity contribution in [1.82, 2.24) is 0 Å². The lowest BCUT2D eigenvalue weighted by atomic mass is 9.90. The third kappa shape index (κ3) is 3.98. The Morgan fingerprint density at radius 1 is 1.04 bits per heavy atom. The van der Waals surface area contributed by atoms with Crippen molar-refractivity contribution in [3.8, 4) is 0 Å². The highest BCUT2D eigenvalue weighted by atomic mass is 35.5. The van der Waals surface area contributed by atoms with Gasteiger partial charge in [0.15, 0.2) is 0 Å². The summed E-state index contributed by atoms with van der Waals surface area (Å²) in [6, 6.07) is 11.2. The normalized spacial score (nSPS) is 13.3. The topological polar surface area (TPSA) is 41.1 Å². The van der Waals surface area contributed by atoms with Crippen LogP contribution in [0, 0.1) is 0 Å². The number of benzene rings is 2. The van der Waals surface area contributed by atoms with Crippen LogP contribution in [-0.4, -0.2) is 12.5 Å². The number of nitrogens with one attached hydrogen (secondary N) is 2. The number of amides is 1. The first-order chi connectivity index (χ1) is 11.1. The Bertz CT molecular complexity index is 731. The Kier molecular flexibility index (Phi) is 5.09. The summed E-state index contributed by atoms with van der Waals surface area (Å²) in [4.78, 5) is 12.1. The van der Waals surface area contributed by atoms with E-state index in [0.717, 1.165) is 18.5 Å². The van der Waals surface area contributed by atoms with Gasteiger partial charge >= 0.3 is 0 Å². The fourth-order valence-electron chi connectivity index (χ4n) is 2.91. The number of hydrogen-bond donors (Lipinski definition) is 2. The smallest absolute Gasteiger partial charge is 0.243 e. The third-order valence-corrected chi connectivity index (χ3v) is 4.60. The van der Waals surface area contributed by atoms with Gasteiger partial charge in [0, 0.05) is 10.7 Å². The molecule has 0 fully saturated rings. The molecule has 0 spiro atoms. The molecule has 0 saturated carbocycles. The van der Waals surface area contributed by atoms with Crippen molar-refractivity contribution in [3.63, 3.8) is 0 Å². The fraction of sp³-hybridized carbons (Fsp3) is 0.278. The van der Waals surface area contributed by atoms with Crippen LogP contribution in [0.25, 0.3) is 0 Å². The maximum absolute atomic E-state index is 12.1. The summed E-state index contributed by atoms with van der Waals surface area (Å²) in [5, 5.41) is 7.03. The summed E-state index contributed by atoms with van der Waals surface area (Å²) in [7, 11) is 0. The Hall–Kier alpha value is -1.71. The molecule has 0 saturated heterocycles. The van der Waals surface area contributed by atoms with Crippen molar-refractivity contribution >= 4 is 40.5 Å². The third-order valence-electron chi connectivity index (χ3n) is 4.04. The highest BCUT2D eigenvalue weighted by molar-refractivity contribution is 6.35. The summed E-state index contributed by atoms with van der Waals surface area (Å²) in [5.74, 6) is -0.150. The Balaban J connectivity index is 1.64. The first-order valence-electron chi connectivity index (χ1n) is 7.73. The molecule has 1 amide bonds. The van der Waals surface area contributed by atoms with E-state index in [0.29, 0.717) is 15.7 Å². The molecule has 0 aliphatic heterocycles. The summed E-state index contributed by atoms with van der Waals surface area (Å²) < 4.78 is 0. The molecule has 0 radical (unpaired) electrons. The minimum atomic E-state index is -0.150. The van der Waals surface area contributed by atoms with E-state index in [-0.39, 0.29) is 12.5 Å². The van der Waals surface area contributed by atoms with Gasteiger partial charge in [-0.25, -0.2) is 0 Å². The van der Waals surface area contributed by atoms with Gasteiger partial charge in [0.2, 0.25) is 5.91 Å². The standard InChI is InChI=1S/C18H18Cl2N2O/c19-13-8-9-15(20)17(10-13)22-18(23)11-21-16-7-3-5-12-4-1-2-6-14(12)16/h3,5,7-10,21H,1-2,4,6,11H2,(H,22,23). The van der Waals surface area contributed by atoms with Crippen LogP contribution in [0.4, 0.5) is 11.4 Å². The first kappa shape index (κ1) is 16.2. The number of carbonyl (C=O) groups is 1. The molecule has 2 N–H and O–H groups in total. The molecule has 5 heteroatoms. The van der Waals surface area contributed by atoms with Crippen LogP contribution >= 0.6 is 23.2 Å². The van der Waals surface area contributed by atoms with Gasteiger partial charge in [-0.05, 0) is 61.1 Å². The van der Waals surface area contributed by atoms with E-state index in [2.05, 4.69) is 16.7 Å². The van der Waals surface area contributed by atoms with Gasteiger partial charge in [0.05, 0.1) is 17.3 Å². The minimum Gasteiger partial charge on any atom is -0.376 e. The molecular weight excluding hydrogens is 331 g/mol. The molecule has 3 nitrogen and oxygen atoms in total. The second kappa shape index (κ2) is 7.24. The van der Waals surface area contributed by atoms with Crippen LogP contribution < -0.4 is 10.6 Å². The summed E-state index contributed by atoms with van der Waals surface area (Å²) in [5.41, 5.74) is 4.31. The highest BCUT2D eigenvalue weighted by Gasteiger charge is 2.13. The maximum Gasteiger partial charge on any atom is 0.243 e. The molecule has 23 heavy (non-hydrogen) atoms. The molecule has 0 aromatic heterocycles. The van der Waals surface area contributed by atoms with Gasteiger partial charge in [0.25, 0.3) is 0 Å². The van der Waals surface area contributed by atoms with E-state index >= 15 is 0 Å². The summed E-state index contributed by atoms with van der Waals surface area (Å²) in [6.07, 6.45) is 4.63. The average Bonchev–Trinajstić information content (AvgIpc) is 2.56. The average molecular weight is 349 g/mol. The molecule has 3 rings (SSSR count). The molecule has 0 unspecified atom stereocenters. The second-order valence-corrected chi connectivity index (χ2v) is 6.52. The van der Waals surface area contributed by atoms with Gasteiger partial charge < -0.3 is 10.6 Å². The monoisotopic (exact) mass is 348 g/mol. The number of anilines is 2. The predicted molar refractivity (Wildman–Crippen MR) is 96.7 cm³/mol. The van der Waals surface area contributed by atoms with E-state index in [1.807, 2.05) is 12.1 Å². The SMILES string of the molecule is O=C(CNc1cccc2c1CCCC2)Nc1cc(Cl)ccc1Cl. The van der Waals surface area contributed by atoms with E-state index in [9.17, 15) is 4.79 Å². The minimum absolute atomic E-state index is 0.150.